The van der Waals surface area contributed by atoms with Crippen molar-refractivity contribution in [1.29, 1.82) is 0 Å². The normalized spacial score (nSPS) is 10.3. The number of para-hydroxylation sites is 1. The number of nitrogens with zero attached hydrogens (tertiary/aromatic N) is 2. The summed E-state index contributed by atoms with van der Waals surface area (Å²) in [5.41, 5.74) is 2.92. The van der Waals surface area contributed by atoms with Crippen molar-refractivity contribution in [2.45, 2.75) is 18.9 Å². The Hall–Kier alpha value is -2.87. The van der Waals surface area contributed by atoms with Crippen LogP contribution in [0.3, 0.4) is 0 Å². The third-order valence-corrected chi connectivity index (χ3v) is 4.78. The molecule has 0 aliphatic carbocycles. The molecule has 148 valence electrons. The van der Waals surface area contributed by atoms with Gasteiger partial charge in [-0.25, -0.2) is 9.78 Å². The summed E-state index contributed by atoms with van der Waals surface area (Å²) < 4.78 is 5.08. The van der Waals surface area contributed by atoms with Gasteiger partial charge in [-0.05, 0) is 43.4 Å². The molecule has 2 rings (SSSR count). The standard InChI is InChI=1S/C20H23N3O4S/c1-13-7-5-8-14(2)18(13)22-16(24)11-23(3)17(25)12-27-20(26)15-9-6-10-21-19(15)28-4/h5-10H,11-12H2,1-4H3,(H,22,24). The van der Waals surface area contributed by atoms with E-state index in [1.54, 1.807) is 24.6 Å². The van der Waals surface area contributed by atoms with E-state index in [4.69, 9.17) is 4.74 Å². The lowest BCUT2D eigenvalue weighted by Gasteiger charge is -2.18. The number of ether oxygens (including phenoxy) is 1. The van der Waals surface area contributed by atoms with Gasteiger partial charge in [0.15, 0.2) is 6.61 Å². The first-order valence-corrected chi connectivity index (χ1v) is 9.82. The van der Waals surface area contributed by atoms with Crippen molar-refractivity contribution in [2.75, 3.05) is 31.8 Å². The van der Waals surface area contributed by atoms with E-state index in [2.05, 4.69) is 10.3 Å². The summed E-state index contributed by atoms with van der Waals surface area (Å²) in [4.78, 5) is 41.9. The van der Waals surface area contributed by atoms with E-state index < -0.39 is 18.5 Å². The van der Waals surface area contributed by atoms with Crippen LogP contribution in [0.5, 0.6) is 0 Å². The molecule has 1 heterocycles. The van der Waals surface area contributed by atoms with Gasteiger partial charge in [-0.2, -0.15) is 0 Å². The van der Waals surface area contributed by atoms with E-state index in [1.165, 1.54) is 23.7 Å². The molecule has 0 fully saturated rings. The summed E-state index contributed by atoms with van der Waals surface area (Å²) in [6.07, 6.45) is 3.38. The van der Waals surface area contributed by atoms with Gasteiger partial charge < -0.3 is 15.0 Å². The molecule has 1 N–H and O–H groups in total. The third kappa shape index (κ3) is 5.56. The van der Waals surface area contributed by atoms with E-state index in [0.717, 1.165) is 16.8 Å². The summed E-state index contributed by atoms with van der Waals surface area (Å²) in [7, 11) is 1.48. The molecule has 0 spiro atoms. The van der Waals surface area contributed by atoms with Crippen LogP contribution < -0.4 is 5.32 Å². The predicted octanol–water partition coefficient (Wildman–Crippen LogP) is 2.67. The monoisotopic (exact) mass is 401 g/mol. The average molecular weight is 401 g/mol. The Morgan fingerprint density at radius 3 is 2.46 bits per heavy atom. The van der Waals surface area contributed by atoms with Crippen LogP contribution in [0.25, 0.3) is 0 Å². The van der Waals surface area contributed by atoms with Gasteiger partial charge in [-0.3, -0.25) is 9.59 Å². The zero-order valence-electron chi connectivity index (χ0n) is 16.3. The highest BCUT2D eigenvalue weighted by Gasteiger charge is 2.18. The lowest BCUT2D eigenvalue weighted by Crippen LogP contribution is -2.37. The molecule has 8 heteroatoms. The summed E-state index contributed by atoms with van der Waals surface area (Å²) in [6.45, 7) is 3.21. The number of hydrogen-bond donors (Lipinski definition) is 1. The molecule has 1 aromatic carbocycles. The van der Waals surface area contributed by atoms with E-state index in [-0.39, 0.29) is 12.5 Å². The van der Waals surface area contributed by atoms with Gasteiger partial charge in [-0.1, -0.05) is 18.2 Å². The number of aromatic nitrogens is 1. The fraction of sp³-hybridized carbons (Fsp3) is 0.300. The Labute approximate surface area is 168 Å². The molecule has 2 aromatic rings. The number of amides is 2. The van der Waals surface area contributed by atoms with E-state index in [1.807, 2.05) is 32.0 Å². The smallest absolute Gasteiger partial charge is 0.341 e. The van der Waals surface area contributed by atoms with Crippen LogP contribution in [0.15, 0.2) is 41.6 Å². The van der Waals surface area contributed by atoms with Gasteiger partial charge in [0.1, 0.15) is 5.03 Å². The van der Waals surface area contributed by atoms with Gasteiger partial charge in [0.2, 0.25) is 5.91 Å². The molecule has 0 aliphatic rings. The maximum atomic E-state index is 12.3. The van der Waals surface area contributed by atoms with Crippen LogP contribution in [0.2, 0.25) is 0 Å². The summed E-state index contributed by atoms with van der Waals surface area (Å²) >= 11 is 1.32. The Morgan fingerprint density at radius 2 is 1.82 bits per heavy atom. The van der Waals surface area contributed by atoms with E-state index >= 15 is 0 Å². The summed E-state index contributed by atoms with van der Waals surface area (Å²) in [5, 5.41) is 3.35. The molecular weight excluding hydrogens is 378 g/mol. The molecule has 0 atom stereocenters. The molecule has 2 amide bonds. The van der Waals surface area contributed by atoms with Crippen molar-refractivity contribution in [3.8, 4) is 0 Å². The lowest BCUT2D eigenvalue weighted by molar-refractivity contribution is -0.136. The second kappa shape index (κ2) is 9.89. The van der Waals surface area contributed by atoms with Crippen molar-refractivity contribution in [2.24, 2.45) is 0 Å². The number of aryl methyl sites for hydroxylation is 2. The van der Waals surface area contributed by atoms with E-state index in [0.29, 0.717) is 10.6 Å². The first kappa shape index (κ1) is 21.4. The van der Waals surface area contributed by atoms with Gasteiger partial charge in [0.25, 0.3) is 5.91 Å². The number of hydrogen-bond acceptors (Lipinski definition) is 6. The van der Waals surface area contributed by atoms with Crippen molar-refractivity contribution >= 4 is 35.2 Å². The largest absolute Gasteiger partial charge is 0.452 e. The first-order chi connectivity index (χ1) is 13.3. The molecule has 0 saturated carbocycles. The topological polar surface area (TPSA) is 88.6 Å². The van der Waals surface area contributed by atoms with Crippen LogP contribution in [-0.2, 0) is 14.3 Å². The van der Waals surface area contributed by atoms with Crippen molar-refractivity contribution in [3.63, 3.8) is 0 Å². The number of anilines is 1. The van der Waals surface area contributed by atoms with Crippen LogP contribution in [0.1, 0.15) is 21.5 Å². The minimum Gasteiger partial charge on any atom is -0.452 e. The molecule has 0 radical (unpaired) electrons. The second-order valence-corrected chi connectivity index (χ2v) is 7.00. The van der Waals surface area contributed by atoms with Gasteiger partial charge in [-0.15, -0.1) is 11.8 Å². The number of nitrogens with one attached hydrogen (secondary N) is 1. The number of carbonyl (C=O) groups is 3. The second-order valence-electron chi connectivity index (χ2n) is 6.20. The van der Waals surface area contributed by atoms with Crippen LogP contribution >= 0.6 is 11.8 Å². The lowest BCUT2D eigenvalue weighted by atomic mass is 10.1. The van der Waals surface area contributed by atoms with Gasteiger partial charge in [0.05, 0.1) is 12.1 Å². The number of esters is 1. The maximum Gasteiger partial charge on any atom is 0.341 e. The van der Waals surface area contributed by atoms with Crippen molar-refractivity contribution < 1.29 is 19.1 Å². The van der Waals surface area contributed by atoms with Crippen LogP contribution in [-0.4, -0.2) is 54.1 Å². The first-order valence-electron chi connectivity index (χ1n) is 8.59. The minimum absolute atomic E-state index is 0.146. The molecule has 28 heavy (non-hydrogen) atoms. The zero-order chi connectivity index (χ0) is 20.7. The number of pyridine rings is 1. The van der Waals surface area contributed by atoms with Crippen molar-refractivity contribution in [3.05, 3.63) is 53.2 Å². The quantitative estimate of drug-likeness (QED) is 0.567. The highest BCUT2D eigenvalue weighted by Crippen LogP contribution is 2.19. The Kier molecular flexibility index (Phi) is 7.57. The maximum absolute atomic E-state index is 12.3. The number of carbonyl (C=O) groups excluding carboxylic acids is 3. The molecule has 7 nitrogen and oxygen atoms in total. The van der Waals surface area contributed by atoms with Crippen LogP contribution in [0.4, 0.5) is 5.69 Å². The van der Waals surface area contributed by atoms with Crippen molar-refractivity contribution in [1.82, 2.24) is 9.88 Å². The fourth-order valence-electron chi connectivity index (χ4n) is 2.52. The molecular formula is C20H23N3O4S. The average Bonchev–Trinajstić information content (AvgIpc) is 2.68. The molecule has 1 aromatic heterocycles. The summed E-state index contributed by atoms with van der Waals surface area (Å²) in [5.74, 6) is -1.42. The Balaban J connectivity index is 1.88. The minimum atomic E-state index is -0.626. The molecule has 0 saturated heterocycles. The molecule has 0 unspecified atom stereocenters. The fourth-order valence-corrected chi connectivity index (χ4v) is 3.06. The number of likely N-dealkylation sites (N-methyl/N-ethyl adjacent to an activating group) is 1. The Bertz CT molecular complexity index is 865. The SMILES string of the molecule is CSc1ncccc1C(=O)OCC(=O)N(C)CC(=O)Nc1c(C)cccc1C. The Morgan fingerprint density at radius 1 is 1.14 bits per heavy atom. The predicted molar refractivity (Wildman–Crippen MR) is 108 cm³/mol. The number of rotatable bonds is 7. The zero-order valence-corrected chi connectivity index (χ0v) is 17.1. The molecule has 0 aliphatic heterocycles. The number of benzene rings is 1. The third-order valence-electron chi connectivity index (χ3n) is 4.06. The molecule has 0 bridgehead atoms. The highest BCUT2D eigenvalue weighted by molar-refractivity contribution is 7.98. The van der Waals surface area contributed by atoms with Gasteiger partial charge >= 0.3 is 5.97 Å². The van der Waals surface area contributed by atoms with E-state index in [9.17, 15) is 14.4 Å². The summed E-state index contributed by atoms with van der Waals surface area (Å²) in [6, 6.07) is 8.93. The highest BCUT2D eigenvalue weighted by atomic mass is 32.2. The van der Waals surface area contributed by atoms with Gasteiger partial charge in [0, 0.05) is 18.9 Å². The number of thioether (sulfide) groups is 1. The van der Waals surface area contributed by atoms with Crippen LogP contribution in [0, 0.1) is 13.8 Å².